The molecule has 0 spiro atoms. The minimum atomic E-state index is -1.05. The van der Waals surface area contributed by atoms with E-state index in [1.54, 1.807) is 12.1 Å². The molecular formula is C30H31FO4. The Kier molecular flexibility index (Phi) is 6.54. The van der Waals surface area contributed by atoms with Crippen LogP contribution in [-0.2, 0) is 22.0 Å². The van der Waals surface area contributed by atoms with Crippen molar-refractivity contribution < 1.29 is 23.8 Å². The first-order chi connectivity index (χ1) is 16.5. The van der Waals surface area contributed by atoms with E-state index in [-0.39, 0.29) is 34.4 Å². The normalized spacial score (nSPS) is 16.7. The predicted molar refractivity (Wildman–Crippen MR) is 134 cm³/mol. The van der Waals surface area contributed by atoms with Gasteiger partial charge in [0.05, 0.1) is 11.5 Å². The Bertz CT molecular complexity index is 1260. The number of carboxylic acid groups (broad SMARTS) is 1. The Hall–Kier alpha value is -3.47. The summed E-state index contributed by atoms with van der Waals surface area (Å²) >= 11 is 0. The van der Waals surface area contributed by atoms with E-state index in [9.17, 15) is 14.0 Å². The minimum Gasteiger partial charge on any atom is -0.478 e. The zero-order valence-corrected chi connectivity index (χ0v) is 20.6. The molecule has 1 aliphatic carbocycles. The van der Waals surface area contributed by atoms with Crippen LogP contribution in [0.2, 0.25) is 0 Å². The summed E-state index contributed by atoms with van der Waals surface area (Å²) in [4.78, 5) is 24.6. The van der Waals surface area contributed by atoms with Crippen LogP contribution in [0, 0.1) is 5.82 Å². The van der Waals surface area contributed by atoms with Gasteiger partial charge in [-0.25, -0.2) is 9.18 Å². The van der Waals surface area contributed by atoms with Gasteiger partial charge in [-0.3, -0.25) is 4.79 Å². The van der Waals surface area contributed by atoms with Crippen LogP contribution in [0.1, 0.15) is 79.1 Å². The summed E-state index contributed by atoms with van der Waals surface area (Å²) in [6, 6.07) is 18.2. The van der Waals surface area contributed by atoms with Crippen molar-refractivity contribution in [3.05, 3.63) is 100 Å². The number of fused-ring (bicyclic) bond motifs is 1. The fraction of sp³-hybridized carbons (Fsp3) is 0.333. The van der Waals surface area contributed by atoms with Gasteiger partial charge in [-0.05, 0) is 88.7 Å². The summed E-state index contributed by atoms with van der Waals surface area (Å²) in [5, 5.41) is 9.12. The highest BCUT2D eigenvalue weighted by molar-refractivity contribution is 5.88. The van der Waals surface area contributed by atoms with E-state index < -0.39 is 17.9 Å². The number of hydrogen-bond acceptors (Lipinski definition) is 3. The van der Waals surface area contributed by atoms with Gasteiger partial charge >= 0.3 is 11.9 Å². The molecule has 1 unspecified atom stereocenters. The second kappa shape index (κ2) is 9.29. The molecule has 1 aliphatic rings. The van der Waals surface area contributed by atoms with Crippen LogP contribution >= 0.6 is 0 Å². The van der Waals surface area contributed by atoms with Crippen molar-refractivity contribution in [2.45, 2.75) is 63.7 Å². The Morgan fingerprint density at radius 1 is 0.914 bits per heavy atom. The molecule has 0 heterocycles. The molecule has 5 heteroatoms. The summed E-state index contributed by atoms with van der Waals surface area (Å²) in [6.07, 6.45) is 2.42. The SMILES string of the molecule is CC1(C)CCC(C)(C)c2cc(C(Cc3cccc(F)c3)C(=O)Oc3ccc(C(=O)O)cc3)ccc21. The number of benzene rings is 3. The molecule has 0 aliphatic heterocycles. The lowest BCUT2D eigenvalue weighted by atomic mass is 9.62. The molecule has 0 saturated carbocycles. The number of carbonyl (C=O) groups is 2. The molecule has 35 heavy (non-hydrogen) atoms. The summed E-state index contributed by atoms with van der Waals surface area (Å²) in [5.41, 5.74) is 4.18. The van der Waals surface area contributed by atoms with Crippen molar-refractivity contribution in [3.8, 4) is 5.75 Å². The molecular weight excluding hydrogens is 443 g/mol. The van der Waals surface area contributed by atoms with Crippen LogP contribution in [0.4, 0.5) is 4.39 Å². The van der Waals surface area contributed by atoms with E-state index in [1.807, 2.05) is 6.07 Å². The highest BCUT2D eigenvalue weighted by atomic mass is 19.1. The lowest BCUT2D eigenvalue weighted by molar-refractivity contribution is -0.136. The van der Waals surface area contributed by atoms with E-state index in [4.69, 9.17) is 9.84 Å². The van der Waals surface area contributed by atoms with Crippen molar-refractivity contribution in [3.63, 3.8) is 0 Å². The van der Waals surface area contributed by atoms with Crippen molar-refractivity contribution in [2.75, 3.05) is 0 Å². The van der Waals surface area contributed by atoms with Gasteiger partial charge in [0.1, 0.15) is 11.6 Å². The third kappa shape index (κ3) is 5.29. The average Bonchev–Trinajstić information content (AvgIpc) is 2.81. The second-order valence-corrected chi connectivity index (χ2v) is 10.7. The fourth-order valence-electron chi connectivity index (χ4n) is 4.91. The first-order valence-electron chi connectivity index (χ1n) is 11.9. The van der Waals surface area contributed by atoms with Gasteiger partial charge in [-0.1, -0.05) is 58.0 Å². The van der Waals surface area contributed by atoms with Gasteiger partial charge in [0.2, 0.25) is 0 Å². The summed E-state index contributed by atoms with van der Waals surface area (Å²) in [6.45, 7) is 8.96. The summed E-state index contributed by atoms with van der Waals surface area (Å²) in [7, 11) is 0. The zero-order valence-electron chi connectivity index (χ0n) is 20.6. The Morgan fingerprint density at radius 3 is 2.20 bits per heavy atom. The Labute approximate surface area is 205 Å². The van der Waals surface area contributed by atoms with E-state index in [0.29, 0.717) is 5.56 Å². The molecule has 0 saturated heterocycles. The van der Waals surface area contributed by atoms with Gasteiger partial charge < -0.3 is 9.84 Å². The molecule has 3 aromatic carbocycles. The monoisotopic (exact) mass is 474 g/mol. The average molecular weight is 475 g/mol. The van der Waals surface area contributed by atoms with Gasteiger partial charge in [0, 0.05) is 0 Å². The molecule has 0 bridgehead atoms. The van der Waals surface area contributed by atoms with Gasteiger partial charge in [0.15, 0.2) is 0 Å². The quantitative estimate of drug-likeness (QED) is 0.315. The third-order valence-electron chi connectivity index (χ3n) is 7.21. The number of hydrogen-bond donors (Lipinski definition) is 1. The molecule has 0 fully saturated rings. The maximum Gasteiger partial charge on any atom is 0.335 e. The van der Waals surface area contributed by atoms with E-state index >= 15 is 0 Å². The van der Waals surface area contributed by atoms with E-state index in [2.05, 4.69) is 39.8 Å². The minimum absolute atomic E-state index is 0.0269. The number of carbonyl (C=O) groups excluding carboxylic acids is 1. The lowest BCUT2D eigenvalue weighted by Gasteiger charge is -2.42. The van der Waals surface area contributed by atoms with Crippen LogP contribution in [-0.4, -0.2) is 17.0 Å². The first-order valence-corrected chi connectivity index (χ1v) is 11.9. The van der Waals surface area contributed by atoms with Crippen LogP contribution < -0.4 is 4.74 Å². The van der Waals surface area contributed by atoms with Gasteiger partial charge in [-0.15, -0.1) is 0 Å². The van der Waals surface area contributed by atoms with Crippen molar-refractivity contribution in [1.29, 1.82) is 0 Å². The Balaban J connectivity index is 1.72. The number of halogens is 1. The van der Waals surface area contributed by atoms with Crippen LogP contribution in [0.25, 0.3) is 0 Å². The number of carboxylic acids is 1. The molecule has 4 rings (SSSR count). The zero-order chi connectivity index (χ0) is 25.4. The molecule has 1 N–H and O–H groups in total. The molecule has 3 aromatic rings. The topological polar surface area (TPSA) is 63.6 Å². The second-order valence-electron chi connectivity index (χ2n) is 10.7. The van der Waals surface area contributed by atoms with Crippen LogP contribution in [0.15, 0.2) is 66.7 Å². The number of rotatable bonds is 6. The van der Waals surface area contributed by atoms with E-state index in [0.717, 1.165) is 18.4 Å². The van der Waals surface area contributed by atoms with Crippen LogP contribution in [0.5, 0.6) is 5.75 Å². The smallest absolute Gasteiger partial charge is 0.335 e. The summed E-state index contributed by atoms with van der Waals surface area (Å²) in [5.74, 6) is -2.26. The lowest BCUT2D eigenvalue weighted by Crippen LogP contribution is -2.34. The van der Waals surface area contributed by atoms with E-state index in [1.165, 1.54) is 47.5 Å². The van der Waals surface area contributed by atoms with Gasteiger partial charge in [-0.2, -0.15) is 0 Å². The fourth-order valence-corrected chi connectivity index (χ4v) is 4.91. The molecule has 0 aromatic heterocycles. The highest BCUT2D eigenvalue weighted by Gasteiger charge is 2.38. The van der Waals surface area contributed by atoms with Crippen molar-refractivity contribution in [1.82, 2.24) is 0 Å². The summed E-state index contributed by atoms with van der Waals surface area (Å²) < 4.78 is 19.6. The molecule has 0 radical (unpaired) electrons. The maximum absolute atomic E-state index is 13.9. The molecule has 4 nitrogen and oxygen atoms in total. The van der Waals surface area contributed by atoms with Crippen molar-refractivity contribution in [2.24, 2.45) is 0 Å². The van der Waals surface area contributed by atoms with Crippen molar-refractivity contribution >= 4 is 11.9 Å². The standard InChI is InChI=1S/C30H31FO4/c1-29(2)14-15-30(3,4)26-18-21(10-13-25(26)29)24(17-19-6-5-7-22(31)16-19)28(34)35-23-11-8-20(9-12-23)27(32)33/h5-13,16,18,24H,14-15,17H2,1-4H3,(H,32,33). The number of esters is 1. The molecule has 0 amide bonds. The van der Waals surface area contributed by atoms with Gasteiger partial charge in [0.25, 0.3) is 0 Å². The molecule has 182 valence electrons. The highest BCUT2D eigenvalue weighted by Crippen LogP contribution is 2.46. The van der Waals surface area contributed by atoms with Crippen LogP contribution in [0.3, 0.4) is 0 Å². The predicted octanol–water partition coefficient (Wildman–Crippen LogP) is 6.80. The number of ether oxygens (including phenoxy) is 1. The molecule has 1 atom stereocenters. The maximum atomic E-state index is 13.9. The first kappa shape index (κ1) is 24.6. The Morgan fingerprint density at radius 2 is 1.57 bits per heavy atom. The number of aromatic carboxylic acids is 1. The largest absolute Gasteiger partial charge is 0.478 e. The third-order valence-corrected chi connectivity index (χ3v) is 7.21.